The van der Waals surface area contributed by atoms with E-state index in [2.05, 4.69) is 5.10 Å². The summed E-state index contributed by atoms with van der Waals surface area (Å²) in [6, 6.07) is 1.95. The Morgan fingerprint density at radius 1 is 1.36 bits per heavy atom. The topological polar surface area (TPSA) is 73.4 Å². The lowest BCUT2D eigenvalue weighted by atomic mass is 10.0. The zero-order chi connectivity index (χ0) is 17.2. The predicted octanol–water partition coefficient (Wildman–Crippen LogP) is 2.05. The van der Waals surface area contributed by atoms with Gasteiger partial charge in [-0.1, -0.05) is 0 Å². The summed E-state index contributed by atoms with van der Waals surface area (Å²) in [5, 5.41) is 4.33. The van der Waals surface area contributed by atoms with E-state index in [4.69, 9.17) is 14.1 Å². The number of hydrogen-bond donors (Lipinski definition) is 0. The molecule has 0 unspecified atom stereocenters. The number of hydrogen-bond acceptors (Lipinski definition) is 5. The van der Waals surface area contributed by atoms with E-state index in [0.717, 1.165) is 55.5 Å². The van der Waals surface area contributed by atoms with Gasteiger partial charge in [0.15, 0.2) is 5.89 Å². The van der Waals surface area contributed by atoms with Gasteiger partial charge >= 0.3 is 0 Å². The quantitative estimate of drug-likeness (QED) is 0.849. The van der Waals surface area contributed by atoms with E-state index in [0.29, 0.717) is 32.0 Å². The molecule has 2 aromatic rings. The fourth-order valence-electron chi connectivity index (χ4n) is 3.51. The zero-order valence-electron chi connectivity index (χ0n) is 14.6. The van der Waals surface area contributed by atoms with Crippen LogP contribution in [-0.2, 0) is 29.0 Å². The van der Waals surface area contributed by atoms with E-state index in [9.17, 15) is 4.79 Å². The van der Waals surface area contributed by atoms with Gasteiger partial charge in [-0.15, -0.1) is 0 Å². The molecule has 2 aliphatic heterocycles. The van der Waals surface area contributed by atoms with Crippen LogP contribution in [0.4, 0.5) is 0 Å². The number of carbonyl (C=O) groups excluding carboxylic acids is 1. The number of rotatable bonds is 4. The summed E-state index contributed by atoms with van der Waals surface area (Å²) in [6.07, 6.45) is 5.05. The van der Waals surface area contributed by atoms with Crippen molar-refractivity contribution in [2.45, 2.75) is 51.6 Å². The van der Waals surface area contributed by atoms with Crippen LogP contribution >= 0.6 is 0 Å². The van der Waals surface area contributed by atoms with E-state index in [1.165, 1.54) is 0 Å². The smallest absolute Gasteiger partial charge is 0.224 e. The number of aryl methyl sites for hydroxylation is 2. The van der Waals surface area contributed by atoms with Crippen LogP contribution < -0.4 is 0 Å². The Balaban J connectivity index is 1.36. The molecule has 1 saturated heterocycles. The summed E-state index contributed by atoms with van der Waals surface area (Å²) in [5.74, 6) is 2.28. The van der Waals surface area contributed by atoms with Crippen molar-refractivity contribution in [1.82, 2.24) is 19.7 Å². The Labute approximate surface area is 147 Å². The van der Waals surface area contributed by atoms with Crippen LogP contribution in [-0.4, -0.2) is 45.3 Å². The number of fused-ring (bicyclic) bond motifs is 1. The maximum Gasteiger partial charge on any atom is 0.224 e. The molecule has 0 atom stereocenters. The molecule has 0 bridgehead atoms. The summed E-state index contributed by atoms with van der Waals surface area (Å²) < 4.78 is 13.2. The third kappa shape index (κ3) is 3.61. The molecule has 0 aromatic carbocycles. The lowest BCUT2D eigenvalue weighted by Crippen LogP contribution is -2.36. The molecular formula is C18H24N4O3. The first-order valence-electron chi connectivity index (χ1n) is 9.03. The molecule has 2 aromatic heterocycles. The summed E-state index contributed by atoms with van der Waals surface area (Å²) in [4.78, 5) is 19.1. The van der Waals surface area contributed by atoms with Gasteiger partial charge in [0.2, 0.25) is 5.91 Å². The second-order valence-corrected chi connectivity index (χ2v) is 6.84. The van der Waals surface area contributed by atoms with Crippen LogP contribution in [0.2, 0.25) is 0 Å². The maximum atomic E-state index is 12.5. The van der Waals surface area contributed by atoms with Crippen molar-refractivity contribution in [3.05, 3.63) is 35.3 Å². The van der Waals surface area contributed by atoms with Crippen molar-refractivity contribution >= 4 is 5.91 Å². The van der Waals surface area contributed by atoms with Gasteiger partial charge in [0.05, 0.1) is 12.2 Å². The molecule has 0 radical (unpaired) electrons. The van der Waals surface area contributed by atoms with Crippen LogP contribution in [0.1, 0.15) is 48.2 Å². The monoisotopic (exact) mass is 344 g/mol. The van der Waals surface area contributed by atoms with E-state index >= 15 is 0 Å². The van der Waals surface area contributed by atoms with Crippen LogP contribution in [0.15, 0.2) is 16.7 Å². The van der Waals surface area contributed by atoms with E-state index in [-0.39, 0.29) is 5.91 Å². The summed E-state index contributed by atoms with van der Waals surface area (Å²) in [7, 11) is 0. The number of carbonyl (C=O) groups is 1. The standard InChI is InChI=1S/C18H24N4O3/c1-13-2-8-22(20-13)9-4-17(23)21-7-3-16-15(12-21)19-18(25-16)14-5-10-24-11-6-14/h2,8,14H,3-7,9-12H2,1H3. The summed E-state index contributed by atoms with van der Waals surface area (Å²) >= 11 is 0. The summed E-state index contributed by atoms with van der Waals surface area (Å²) in [5.41, 5.74) is 1.90. The fraction of sp³-hybridized carbons (Fsp3) is 0.611. The largest absolute Gasteiger partial charge is 0.445 e. The van der Waals surface area contributed by atoms with Gasteiger partial charge in [0.25, 0.3) is 0 Å². The van der Waals surface area contributed by atoms with E-state index in [1.807, 2.05) is 28.8 Å². The first-order chi connectivity index (χ1) is 12.2. The number of oxazole rings is 1. The molecule has 0 saturated carbocycles. The minimum absolute atomic E-state index is 0.148. The lowest BCUT2D eigenvalue weighted by molar-refractivity contribution is -0.132. The maximum absolute atomic E-state index is 12.5. The van der Waals surface area contributed by atoms with Gasteiger partial charge in [-0.05, 0) is 25.8 Å². The van der Waals surface area contributed by atoms with Gasteiger partial charge < -0.3 is 14.1 Å². The second-order valence-electron chi connectivity index (χ2n) is 6.84. The molecule has 0 spiro atoms. The fourth-order valence-corrected chi connectivity index (χ4v) is 3.51. The molecule has 134 valence electrons. The lowest BCUT2D eigenvalue weighted by Gasteiger charge is -2.25. The van der Waals surface area contributed by atoms with Crippen LogP contribution in [0, 0.1) is 6.92 Å². The first-order valence-corrected chi connectivity index (χ1v) is 9.03. The first kappa shape index (κ1) is 16.3. The third-order valence-corrected chi connectivity index (χ3v) is 5.00. The van der Waals surface area contributed by atoms with Crippen molar-refractivity contribution in [3.8, 4) is 0 Å². The van der Waals surface area contributed by atoms with Crippen molar-refractivity contribution in [2.75, 3.05) is 19.8 Å². The highest BCUT2D eigenvalue weighted by Gasteiger charge is 2.28. The van der Waals surface area contributed by atoms with Crippen molar-refractivity contribution in [2.24, 2.45) is 0 Å². The molecule has 1 amide bonds. The molecule has 4 heterocycles. The predicted molar refractivity (Wildman–Crippen MR) is 90.0 cm³/mol. The Bertz CT molecular complexity index is 745. The van der Waals surface area contributed by atoms with Gasteiger partial charge in [-0.3, -0.25) is 9.48 Å². The number of aromatic nitrogens is 3. The van der Waals surface area contributed by atoms with E-state index < -0.39 is 0 Å². The van der Waals surface area contributed by atoms with Gasteiger partial charge in [0.1, 0.15) is 11.5 Å². The van der Waals surface area contributed by atoms with Gasteiger partial charge in [0, 0.05) is 51.3 Å². The highest BCUT2D eigenvalue weighted by molar-refractivity contribution is 5.76. The normalized spacial score (nSPS) is 18.4. The molecule has 4 rings (SSSR count). The van der Waals surface area contributed by atoms with Crippen LogP contribution in [0.5, 0.6) is 0 Å². The average molecular weight is 344 g/mol. The molecule has 7 nitrogen and oxygen atoms in total. The molecule has 7 heteroatoms. The van der Waals surface area contributed by atoms with Crippen LogP contribution in [0.3, 0.4) is 0 Å². The summed E-state index contributed by atoms with van der Waals surface area (Å²) in [6.45, 7) is 5.36. The molecular weight excluding hydrogens is 320 g/mol. The SMILES string of the molecule is Cc1ccn(CCC(=O)N2CCc3oc(C4CCOCC4)nc3C2)n1. The van der Waals surface area contributed by atoms with Gasteiger partial charge in [-0.25, -0.2) is 4.98 Å². The average Bonchev–Trinajstić information content (AvgIpc) is 3.25. The Kier molecular flexibility index (Phi) is 4.57. The Morgan fingerprint density at radius 3 is 2.96 bits per heavy atom. The van der Waals surface area contributed by atoms with Crippen molar-refractivity contribution < 1.29 is 13.9 Å². The van der Waals surface area contributed by atoms with Crippen molar-refractivity contribution in [3.63, 3.8) is 0 Å². The minimum atomic E-state index is 0.148. The number of nitrogens with zero attached hydrogens (tertiary/aromatic N) is 4. The second kappa shape index (κ2) is 7.00. The van der Waals surface area contributed by atoms with Gasteiger partial charge in [-0.2, -0.15) is 5.10 Å². The van der Waals surface area contributed by atoms with Crippen molar-refractivity contribution in [1.29, 1.82) is 0 Å². The number of ether oxygens (including phenoxy) is 1. The zero-order valence-corrected chi connectivity index (χ0v) is 14.6. The molecule has 25 heavy (non-hydrogen) atoms. The highest BCUT2D eigenvalue weighted by atomic mass is 16.5. The number of amides is 1. The third-order valence-electron chi connectivity index (χ3n) is 5.00. The minimum Gasteiger partial charge on any atom is -0.445 e. The highest BCUT2D eigenvalue weighted by Crippen LogP contribution is 2.30. The molecule has 0 N–H and O–H groups in total. The molecule has 2 aliphatic rings. The Hall–Kier alpha value is -2.15. The Morgan fingerprint density at radius 2 is 2.20 bits per heavy atom. The van der Waals surface area contributed by atoms with Crippen LogP contribution in [0.25, 0.3) is 0 Å². The molecule has 1 fully saturated rings. The molecule has 0 aliphatic carbocycles. The van der Waals surface area contributed by atoms with E-state index in [1.54, 1.807) is 0 Å².